The molecule has 0 radical (unpaired) electrons. The third-order valence-electron chi connectivity index (χ3n) is 4.98. The Morgan fingerprint density at radius 1 is 1.22 bits per heavy atom. The van der Waals surface area contributed by atoms with Crippen molar-refractivity contribution in [2.24, 2.45) is 5.92 Å². The molecule has 2 nitrogen and oxygen atoms in total. The van der Waals surface area contributed by atoms with E-state index in [1.807, 2.05) is 11.8 Å². The quantitative estimate of drug-likeness (QED) is 0.798. The van der Waals surface area contributed by atoms with Crippen LogP contribution in [0.2, 0.25) is 0 Å². The van der Waals surface area contributed by atoms with Gasteiger partial charge in [0.1, 0.15) is 0 Å². The maximum absolute atomic E-state index is 12.7. The van der Waals surface area contributed by atoms with E-state index in [2.05, 4.69) is 42.6 Å². The first-order valence-electron chi connectivity index (χ1n) is 8.38. The summed E-state index contributed by atoms with van der Waals surface area (Å²) in [7, 11) is 0. The van der Waals surface area contributed by atoms with Gasteiger partial charge in [0.25, 0.3) is 5.91 Å². The predicted octanol–water partition coefficient (Wildman–Crippen LogP) is 5.33. The fourth-order valence-corrected chi connectivity index (χ4v) is 5.90. The summed E-state index contributed by atoms with van der Waals surface area (Å²) in [5.74, 6) is 1.68. The molecule has 1 N–H and O–H groups in total. The summed E-state index contributed by atoms with van der Waals surface area (Å²) in [5, 5.41) is 3.28. The van der Waals surface area contributed by atoms with Crippen LogP contribution >= 0.6 is 23.1 Å². The van der Waals surface area contributed by atoms with Crippen molar-refractivity contribution in [1.82, 2.24) is 5.32 Å². The predicted molar refractivity (Wildman–Crippen MR) is 98.2 cm³/mol. The minimum Gasteiger partial charge on any atom is -0.348 e. The second-order valence-electron chi connectivity index (χ2n) is 6.59. The fourth-order valence-electron chi connectivity index (χ4n) is 3.58. The van der Waals surface area contributed by atoms with Gasteiger partial charge >= 0.3 is 0 Å². The zero-order valence-corrected chi connectivity index (χ0v) is 14.9. The van der Waals surface area contributed by atoms with Gasteiger partial charge in [-0.15, -0.1) is 23.1 Å². The Labute approximate surface area is 145 Å². The van der Waals surface area contributed by atoms with Crippen LogP contribution in [0.1, 0.15) is 47.8 Å². The van der Waals surface area contributed by atoms with Crippen molar-refractivity contribution in [2.75, 3.05) is 0 Å². The van der Waals surface area contributed by atoms with E-state index >= 15 is 0 Å². The Bertz CT molecular complexity index is 737. The Hall–Kier alpha value is -1.26. The van der Waals surface area contributed by atoms with Gasteiger partial charge in [-0.05, 0) is 36.5 Å². The average Bonchev–Trinajstić information content (AvgIpc) is 3.02. The van der Waals surface area contributed by atoms with Crippen LogP contribution in [0.15, 0.2) is 35.2 Å². The van der Waals surface area contributed by atoms with Crippen LogP contribution in [0.4, 0.5) is 0 Å². The lowest BCUT2D eigenvalue weighted by Gasteiger charge is -2.29. The van der Waals surface area contributed by atoms with Gasteiger partial charge < -0.3 is 5.32 Å². The van der Waals surface area contributed by atoms with Crippen LogP contribution in [-0.4, -0.2) is 11.9 Å². The lowest BCUT2D eigenvalue weighted by atomic mass is 9.86. The molecule has 0 unspecified atom stereocenters. The minimum absolute atomic E-state index is 0.116. The van der Waals surface area contributed by atoms with Gasteiger partial charge in [-0.2, -0.15) is 0 Å². The molecule has 1 saturated carbocycles. The number of benzene rings is 1. The van der Waals surface area contributed by atoms with Crippen molar-refractivity contribution in [3.63, 3.8) is 0 Å². The zero-order valence-electron chi connectivity index (χ0n) is 13.3. The Morgan fingerprint density at radius 3 is 2.91 bits per heavy atom. The van der Waals surface area contributed by atoms with E-state index in [0.717, 1.165) is 17.1 Å². The molecular weight excluding hydrogens is 322 g/mol. The van der Waals surface area contributed by atoms with E-state index in [1.165, 1.54) is 40.2 Å². The molecule has 0 bridgehead atoms. The van der Waals surface area contributed by atoms with Crippen LogP contribution in [0.3, 0.4) is 0 Å². The smallest absolute Gasteiger partial charge is 0.261 e. The second kappa shape index (κ2) is 6.33. The standard InChI is InChI=1S/C19H21NOS2/c1-12-6-2-4-8-15(12)20-19(21)17-10-13-11-22-16-9-5-3-7-14(16)18(13)23-17/h3,5,7,9-10,12,15H,2,4,6,8,11H2,1H3,(H,20,21)/t12-,15-/m0/s1. The van der Waals surface area contributed by atoms with E-state index in [0.29, 0.717) is 12.0 Å². The Balaban J connectivity index is 1.57. The summed E-state index contributed by atoms with van der Waals surface area (Å²) in [6, 6.07) is 11.0. The molecule has 1 aromatic carbocycles. The molecule has 2 aromatic rings. The van der Waals surface area contributed by atoms with Gasteiger partial charge in [0.2, 0.25) is 0 Å². The first kappa shape index (κ1) is 15.3. The maximum Gasteiger partial charge on any atom is 0.261 e. The number of hydrogen-bond acceptors (Lipinski definition) is 3. The van der Waals surface area contributed by atoms with Crippen molar-refractivity contribution in [1.29, 1.82) is 0 Å². The molecule has 4 rings (SSSR count). The van der Waals surface area contributed by atoms with Gasteiger partial charge in [-0.3, -0.25) is 4.79 Å². The number of thioether (sulfide) groups is 1. The SMILES string of the molecule is C[C@H]1CCCC[C@@H]1NC(=O)c1cc2c(s1)-c1ccccc1SC2. The molecule has 1 aliphatic carbocycles. The van der Waals surface area contributed by atoms with Crippen LogP contribution in [-0.2, 0) is 5.75 Å². The lowest BCUT2D eigenvalue weighted by Crippen LogP contribution is -2.40. The zero-order chi connectivity index (χ0) is 15.8. The molecule has 1 amide bonds. The maximum atomic E-state index is 12.7. The third kappa shape index (κ3) is 2.94. The van der Waals surface area contributed by atoms with Crippen molar-refractivity contribution in [3.05, 3.63) is 40.8 Å². The average molecular weight is 344 g/mol. The molecule has 1 fully saturated rings. The molecule has 2 aliphatic rings. The van der Waals surface area contributed by atoms with Crippen LogP contribution in [0.25, 0.3) is 10.4 Å². The van der Waals surface area contributed by atoms with Gasteiger partial charge in [0.15, 0.2) is 0 Å². The summed E-state index contributed by atoms with van der Waals surface area (Å²) >= 11 is 3.52. The third-order valence-corrected chi connectivity index (χ3v) is 7.31. The molecule has 4 heteroatoms. The number of thiophene rings is 1. The molecule has 120 valence electrons. The van der Waals surface area contributed by atoms with Gasteiger partial charge in [-0.25, -0.2) is 0 Å². The monoisotopic (exact) mass is 343 g/mol. The van der Waals surface area contributed by atoms with E-state index < -0.39 is 0 Å². The number of fused-ring (bicyclic) bond motifs is 3. The lowest BCUT2D eigenvalue weighted by molar-refractivity contribution is 0.0914. The molecule has 2 atom stereocenters. The largest absolute Gasteiger partial charge is 0.348 e. The van der Waals surface area contributed by atoms with E-state index in [4.69, 9.17) is 0 Å². The normalized spacial score (nSPS) is 23.0. The highest BCUT2D eigenvalue weighted by molar-refractivity contribution is 7.98. The second-order valence-corrected chi connectivity index (χ2v) is 8.66. The summed E-state index contributed by atoms with van der Waals surface area (Å²) in [6.45, 7) is 2.26. The number of carbonyl (C=O) groups is 1. The Kier molecular flexibility index (Phi) is 4.20. The molecule has 2 heterocycles. The molecular formula is C19H21NOS2. The summed E-state index contributed by atoms with van der Waals surface area (Å²) < 4.78 is 0. The van der Waals surface area contributed by atoms with Crippen molar-refractivity contribution in [3.8, 4) is 10.4 Å². The highest BCUT2D eigenvalue weighted by atomic mass is 32.2. The number of amides is 1. The first-order chi connectivity index (χ1) is 11.2. The minimum atomic E-state index is 0.116. The fraction of sp³-hybridized carbons (Fsp3) is 0.421. The molecule has 0 saturated heterocycles. The number of rotatable bonds is 2. The van der Waals surface area contributed by atoms with Crippen LogP contribution in [0, 0.1) is 5.92 Å². The number of carbonyl (C=O) groups excluding carboxylic acids is 1. The summed E-state index contributed by atoms with van der Waals surface area (Å²) in [4.78, 5) is 16.2. The van der Waals surface area contributed by atoms with E-state index in [9.17, 15) is 4.79 Å². The van der Waals surface area contributed by atoms with Crippen molar-refractivity contribution < 1.29 is 4.79 Å². The molecule has 1 aromatic heterocycles. The van der Waals surface area contributed by atoms with E-state index in [1.54, 1.807) is 11.3 Å². The topological polar surface area (TPSA) is 29.1 Å². The molecule has 1 aliphatic heterocycles. The summed E-state index contributed by atoms with van der Waals surface area (Å²) in [5.41, 5.74) is 2.59. The van der Waals surface area contributed by atoms with Crippen molar-refractivity contribution in [2.45, 2.75) is 49.3 Å². The van der Waals surface area contributed by atoms with Gasteiger partial charge in [0, 0.05) is 27.1 Å². The highest BCUT2D eigenvalue weighted by Gasteiger charge is 2.26. The Morgan fingerprint density at radius 2 is 2.04 bits per heavy atom. The first-order valence-corrected chi connectivity index (χ1v) is 10.2. The molecule has 23 heavy (non-hydrogen) atoms. The van der Waals surface area contributed by atoms with Gasteiger partial charge in [-0.1, -0.05) is 38.0 Å². The van der Waals surface area contributed by atoms with Crippen molar-refractivity contribution >= 4 is 29.0 Å². The summed E-state index contributed by atoms with van der Waals surface area (Å²) in [6.07, 6.45) is 4.89. The number of nitrogens with one attached hydrogen (secondary N) is 1. The number of hydrogen-bond donors (Lipinski definition) is 1. The van der Waals surface area contributed by atoms with E-state index in [-0.39, 0.29) is 5.91 Å². The van der Waals surface area contributed by atoms with Crippen LogP contribution in [0.5, 0.6) is 0 Å². The molecule has 0 spiro atoms. The van der Waals surface area contributed by atoms with Gasteiger partial charge in [0.05, 0.1) is 4.88 Å². The highest BCUT2D eigenvalue weighted by Crippen LogP contribution is 2.45. The van der Waals surface area contributed by atoms with Crippen LogP contribution < -0.4 is 5.32 Å².